The molecule has 0 saturated heterocycles. The van der Waals surface area contributed by atoms with Crippen LogP contribution in [0.5, 0.6) is 0 Å². The van der Waals surface area contributed by atoms with Crippen molar-refractivity contribution < 1.29 is 9.84 Å². The molecule has 0 spiro atoms. The molecule has 1 atom stereocenters. The summed E-state index contributed by atoms with van der Waals surface area (Å²) in [5.74, 6) is 3.19. The van der Waals surface area contributed by atoms with Gasteiger partial charge >= 0.3 is 0 Å². The highest BCUT2D eigenvalue weighted by atomic mass is 28.3. The molecule has 4 saturated carbocycles. The Hall–Kier alpha value is -0.283. The van der Waals surface area contributed by atoms with Crippen LogP contribution in [0.1, 0.15) is 45.4 Å². The van der Waals surface area contributed by atoms with Crippen molar-refractivity contribution in [2.75, 3.05) is 6.61 Å². The van der Waals surface area contributed by atoms with E-state index in [4.69, 9.17) is 4.74 Å². The first-order valence-corrected chi connectivity index (χ1v) is 12.9. The van der Waals surface area contributed by atoms with Gasteiger partial charge in [-0.1, -0.05) is 26.2 Å². The van der Waals surface area contributed by atoms with Gasteiger partial charge in [-0.2, -0.15) is 0 Å². The van der Waals surface area contributed by atoms with Crippen LogP contribution in [0.3, 0.4) is 0 Å². The van der Waals surface area contributed by atoms with Gasteiger partial charge in [0.2, 0.25) is 0 Å². The van der Waals surface area contributed by atoms with Crippen LogP contribution in [0.2, 0.25) is 25.7 Å². The maximum absolute atomic E-state index is 11.9. The van der Waals surface area contributed by atoms with Crippen LogP contribution < -0.4 is 0 Å². The molecule has 1 N–H and O–H groups in total. The van der Waals surface area contributed by atoms with Crippen molar-refractivity contribution in [2.24, 2.45) is 23.2 Å². The number of ether oxygens (including phenoxy) is 1. The first kappa shape index (κ1) is 16.6. The lowest BCUT2D eigenvalue weighted by atomic mass is 9.45. The quantitative estimate of drug-likeness (QED) is 0.561. The van der Waals surface area contributed by atoms with Crippen molar-refractivity contribution in [3.63, 3.8) is 0 Å². The Balaban J connectivity index is 1.96. The predicted octanol–water partition coefficient (Wildman–Crippen LogP) is 4.82. The third kappa shape index (κ3) is 2.69. The molecule has 4 fully saturated rings. The van der Waals surface area contributed by atoms with E-state index in [1.165, 1.54) is 38.5 Å². The van der Waals surface area contributed by atoms with Crippen molar-refractivity contribution in [2.45, 2.75) is 76.7 Å². The Labute approximate surface area is 137 Å². The highest BCUT2D eigenvalue weighted by molar-refractivity contribution is 6.76. The van der Waals surface area contributed by atoms with Gasteiger partial charge in [0.1, 0.15) is 11.4 Å². The standard InChI is InChI=1S/C19H34O2Si/c1-6-21-14(2)19(20,13-22(3,4)5)18-10-15-7-16(11-18)9-17(8-15)12-18/h15-17,20H,2,6-13H2,1,3-5H3. The Kier molecular flexibility index (Phi) is 4.05. The second-order valence-electron chi connectivity index (χ2n) is 9.65. The Bertz CT molecular complexity index is 416. The largest absolute Gasteiger partial charge is 0.496 e. The van der Waals surface area contributed by atoms with E-state index >= 15 is 0 Å². The summed E-state index contributed by atoms with van der Waals surface area (Å²) in [6.45, 7) is 13.9. The lowest BCUT2D eigenvalue weighted by molar-refractivity contribution is -0.169. The molecule has 4 bridgehead atoms. The predicted molar refractivity (Wildman–Crippen MR) is 94.5 cm³/mol. The minimum Gasteiger partial charge on any atom is -0.496 e. The van der Waals surface area contributed by atoms with E-state index in [2.05, 4.69) is 26.2 Å². The van der Waals surface area contributed by atoms with Crippen LogP contribution in [-0.4, -0.2) is 25.4 Å². The summed E-state index contributed by atoms with van der Waals surface area (Å²) >= 11 is 0. The Morgan fingerprint density at radius 1 is 1.14 bits per heavy atom. The monoisotopic (exact) mass is 322 g/mol. The fraction of sp³-hybridized carbons (Fsp3) is 0.895. The Morgan fingerprint density at radius 2 is 1.59 bits per heavy atom. The number of hydrogen-bond acceptors (Lipinski definition) is 2. The first-order chi connectivity index (χ1) is 10.2. The fourth-order valence-electron chi connectivity index (χ4n) is 6.26. The molecular formula is C19H34O2Si. The number of rotatable bonds is 6. The zero-order chi connectivity index (χ0) is 16.2. The topological polar surface area (TPSA) is 29.5 Å². The zero-order valence-electron chi connectivity index (χ0n) is 15.0. The maximum Gasteiger partial charge on any atom is 0.124 e. The minimum absolute atomic E-state index is 0.0499. The van der Waals surface area contributed by atoms with E-state index in [0.29, 0.717) is 12.4 Å². The number of aliphatic hydroxyl groups is 1. The molecule has 0 aromatic heterocycles. The summed E-state index contributed by atoms with van der Waals surface area (Å²) in [4.78, 5) is 0. The van der Waals surface area contributed by atoms with Crippen LogP contribution in [0.15, 0.2) is 12.3 Å². The highest BCUT2D eigenvalue weighted by Gasteiger charge is 2.62. The van der Waals surface area contributed by atoms with Crippen molar-refractivity contribution in [1.29, 1.82) is 0 Å². The molecule has 0 aromatic rings. The minimum atomic E-state index is -1.43. The van der Waals surface area contributed by atoms with E-state index in [9.17, 15) is 5.11 Å². The average Bonchev–Trinajstić information content (AvgIpc) is 2.35. The van der Waals surface area contributed by atoms with E-state index in [-0.39, 0.29) is 5.41 Å². The third-order valence-corrected chi connectivity index (χ3v) is 8.05. The van der Waals surface area contributed by atoms with Crippen LogP contribution >= 0.6 is 0 Å². The second kappa shape index (κ2) is 5.37. The summed E-state index contributed by atoms with van der Waals surface area (Å²) in [6, 6.07) is 0.894. The first-order valence-electron chi connectivity index (χ1n) is 9.22. The molecule has 0 radical (unpaired) electrons. The maximum atomic E-state index is 11.9. The third-order valence-electron chi connectivity index (χ3n) is 6.48. The van der Waals surface area contributed by atoms with Crippen LogP contribution in [0, 0.1) is 23.2 Å². The van der Waals surface area contributed by atoms with Crippen molar-refractivity contribution >= 4 is 8.07 Å². The summed E-state index contributed by atoms with van der Waals surface area (Å²) in [7, 11) is -1.43. The average molecular weight is 323 g/mol. The fourth-order valence-corrected chi connectivity index (χ4v) is 8.37. The molecule has 2 nitrogen and oxygen atoms in total. The summed E-state index contributed by atoms with van der Waals surface area (Å²) in [6.07, 6.45) is 7.82. The molecule has 0 amide bonds. The van der Waals surface area contributed by atoms with Gasteiger partial charge in [0.05, 0.1) is 6.61 Å². The number of hydrogen-bond donors (Lipinski definition) is 1. The summed E-state index contributed by atoms with van der Waals surface area (Å²) in [5, 5.41) is 11.9. The molecule has 4 aliphatic rings. The second-order valence-corrected chi connectivity index (χ2v) is 15.1. The van der Waals surface area contributed by atoms with Gasteiger partial charge in [0.15, 0.2) is 0 Å². The van der Waals surface area contributed by atoms with Gasteiger partial charge in [-0.15, -0.1) is 0 Å². The van der Waals surface area contributed by atoms with Crippen LogP contribution in [-0.2, 0) is 4.74 Å². The molecule has 4 rings (SSSR count). The molecule has 0 heterocycles. The van der Waals surface area contributed by atoms with Crippen molar-refractivity contribution in [3.8, 4) is 0 Å². The smallest absolute Gasteiger partial charge is 0.124 e. The summed E-state index contributed by atoms with van der Waals surface area (Å²) < 4.78 is 5.82. The van der Waals surface area contributed by atoms with Gasteiger partial charge in [-0.05, 0) is 69.2 Å². The van der Waals surface area contributed by atoms with E-state index in [1.807, 2.05) is 6.92 Å². The van der Waals surface area contributed by atoms with E-state index < -0.39 is 13.7 Å². The van der Waals surface area contributed by atoms with Crippen LogP contribution in [0.4, 0.5) is 0 Å². The molecule has 1 unspecified atom stereocenters. The van der Waals surface area contributed by atoms with Crippen molar-refractivity contribution in [3.05, 3.63) is 12.3 Å². The van der Waals surface area contributed by atoms with Crippen LogP contribution in [0.25, 0.3) is 0 Å². The normalized spacial score (nSPS) is 39.6. The SMILES string of the molecule is C=C(OCC)C(O)(C[Si](C)(C)C)C12CC3CC(CC(C3)C1)C2. The summed E-state index contributed by atoms with van der Waals surface area (Å²) in [5.41, 5.74) is -0.752. The highest BCUT2D eigenvalue weighted by Crippen LogP contribution is 2.66. The molecule has 4 aliphatic carbocycles. The molecule has 3 heteroatoms. The van der Waals surface area contributed by atoms with Gasteiger partial charge in [-0.3, -0.25) is 0 Å². The van der Waals surface area contributed by atoms with Gasteiger partial charge < -0.3 is 9.84 Å². The van der Waals surface area contributed by atoms with Gasteiger partial charge in [0.25, 0.3) is 0 Å². The molecule has 0 aromatic carbocycles. The lowest BCUT2D eigenvalue weighted by Crippen LogP contribution is -2.61. The van der Waals surface area contributed by atoms with E-state index in [0.717, 1.165) is 23.8 Å². The molecule has 0 aliphatic heterocycles. The van der Waals surface area contributed by atoms with Gasteiger partial charge in [0, 0.05) is 13.5 Å². The lowest BCUT2D eigenvalue weighted by Gasteiger charge is -2.62. The Morgan fingerprint density at radius 3 is 1.95 bits per heavy atom. The molecular weight excluding hydrogens is 288 g/mol. The van der Waals surface area contributed by atoms with Crippen molar-refractivity contribution in [1.82, 2.24) is 0 Å². The zero-order valence-corrected chi connectivity index (χ0v) is 16.0. The molecule has 22 heavy (non-hydrogen) atoms. The van der Waals surface area contributed by atoms with Gasteiger partial charge in [-0.25, -0.2) is 0 Å². The van der Waals surface area contributed by atoms with E-state index in [1.54, 1.807) is 0 Å². The molecule has 126 valence electrons.